The third-order valence-corrected chi connectivity index (χ3v) is 2.18. The van der Waals surface area contributed by atoms with Crippen molar-refractivity contribution >= 4 is 5.97 Å². The van der Waals surface area contributed by atoms with Crippen LogP contribution in [0.5, 0.6) is 5.75 Å². The number of esters is 1. The summed E-state index contributed by atoms with van der Waals surface area (Å²) in [7, 11) is 1.59. The van der Waals surface area contributed by atoms with Crippen LogP contribution in [0.15, 0.2) is 24.3 Å². The van der Waals surface area contributed by atoms with Gasteiger partial charge in [0.25, 0.3) is 0 Å². The van der Waals surface area contributed by atoms with Crippen LogP contribution in [0.4, 0.5) is 0 Å². The predicted molar refractivity (Wildman–Crippen MR) is 63.9 cm³/mol. The van der Waals surface area contributed by atoms with Crippen LogP contribution >= 0.6 is 0 Å². The van der Waals surface area contributed by atoms with Gasteiger partial charge in [-0.3, -0.25) is 4.79 Å². The molecule has 0 radical (unpaired) electrons. The Bertz CT molecular complexity index is 332. The summed E-state index contributed by atoms with van der Waals surface area (Å²) in [6.07, 6.45) is 1.72. The number of aryl methyl sites for hydroxylation is 1. The first-order valence-electron chi connectivity index (χ1n) is 5.56. The van der Waals surface area contributed by atoms with E-state index in [1.165, 1.54) is 12.5 Å². The fourth-order valence-electron chi connectivity index (χ4n) is 1.37. The normalized spacial score (nSPS) is 10.0. The molecular weight excluding hydrogens is 220 g/mol. The molecule has 0 heterocycles. The van der Waals surface area contributed by atoms with E-state index in [2.05, 4.69) is 0 Å². The van der Waals surface area contributed by atoms with Gasteiger partial charge in [0.1, 0.15) is 5.75 Å². The SMILES string of the molecule is COCOc1ccc(CCCOC(C)=O)cc1. The molecule has 0 bridgehead atoms. The largest absolute Gasteiger partial charge is 0.468 e. The van der Waals surface area contributed by atoms with Gasteiger partial charge < -0.3 is 14.2 Å². The van der Waals surface area contributed by atoms with E-state index < -0.39 is 0 Å². The lowest BCUT2D eigenvalue weighted by Crippen LogP contribution is -2.02. The van der Waals surface area contributed by atoms with Gasteiger partial charge in [0.05, 0.1) is 6.61 Å². The summed E-state index contributed by atoms with van der Waals surface area (Å²) in [5.41, 5.74) is 1.20. The highest BCUT2D eigenvalue weighted by Crippen LogP contribution is 2.13. The maximum atomic E-state index is 10.5. The van der Waals surface area contributed by atoms with Gasteiger partial charge >= 0.3 is 5.97 Å². The second-order valence-electron chi connectivity index (χ2n) is 3.64. The number of rotatable bonds is 7. The van der Waals surface area contributed by atoms with Crippen molar-refractivity contribution in [2.75, 3.05) is 20.5 Å². The van der Waals surface area contributed by atoms with E-state index in [1.54, 1.807) is 7.11 Å². The Morgan fingerprint density at radius 1 is 1.24 bits per heavy atom. The van der Waals surface area contributed by atoms with Crippen LogP contribution in [0, 0.1) is 0 Å². The molecule has 0 atom stereocenters. The van der Waals surface area contributed by atoms with Crippen LogP contribution in [0.1, 0.15) is 18.9 Å². The number of ether oxygens (including phenoxy) is 3. The molecule has 0 aliphatic carbocycles. The minimum absolute atomic E-state index is 0.228. The van der Waals surface area contributed by atoms with Gasteiger partial charge in [-0.05, 0) is 30.5 Å². The zero-order valence-electron chi connectivity index (χ0n) is 10.3. The van der Waals surface area contributed by atoms with Gasteiger partial charge in [0, 0.05) is 14.0 Å². The molecule has 1 aromatic rings. The molecule has 1 aromatic carbocycles. The van der Waals surface area contributed by atoms with Crippen LogP contribution < -0.4 is 4.74 Å². The van der Waals surface area contributed by atoms with Crippen molar-refractivity contribution in [1.29, 1.82) is 0 Å². The molecule has 94 valence electrons. The Morgan fingerprint density at radius 2 is 1.94 bits per heavy atom. The standard InChI is InChI=1S/C13H18O4/c1-11(14)16-9-3-4-12-5-7-13(8-6-12)17-10-15-2/h5-8H,3-4,9-10H2,1-2H3. The van der Waals surface area contributed by atoms with Crippen molar-refractivity contribution < 1.29 is 19.0 Å². The number of benzene rings is 1. The summed E-state index contributed by atoms with van der Waals surface area (Å²) in [5.74, 6) is 0.559. The first-order valence-corrected chi connectivity index (χ1v) is 5.56. The third-order valence-electron chi connectivity index (χ3n) is 2.18. The van der Waals surface area contributed by atoms with E-state index in [1.807, 2.05) is 24.3 Å². The molecule has 0 amide bonds. The van der Waals surface area contributed by atoms with Gasteiger partial charge in [-0.25, -0.2) is 0 Å². The Hall–Kier alpha value is -1.55. The number of carbonyl (C=O) groups excluding carboxylic acids is 1. The van der Waals surface area contributed by atoms with Crippen molar-refractivity contribution in [3.05, 3.63) is 29.8 Å². The van der Waals surface area contributed by atoms with Crippen LogP contribution in [0.3, 0.4) is 0 Å². The van der Waals surface area contributed by atoms with E-state index in [0.29, 0.717) is 6.61 Å². The molecule has 0 unspecified atom stereocenters. The molecule has 1 rings (SSSR count). The smallest absolute Gasteiger partial charge is 0.302 e. The summed E-state index contributed by atoms with van der Waals surface area (Å²) in [5, 5.41) is 0. The monoisotopic (exact) mass is 238 g/mol. The highest BCUT2D eigenvalue weighted by atomic mass is 16.7. The molecular formula is C13H18O4. The second kappa shape index (κ2) is 7.68. The first kappa shape index (κ1) is 13.5. The maximum Gasteiger partial charge on any atom is 0.302 e. The van der Waals surface area contributed by atoms with E-state index in [-0.39, 0.29) is 12.8 Å². The minimum atomic E-state index is -0.228. The van der Waals surface area contributed by atoms with E-state index in [9.17, 15) is 4.79 Å². The van der Waals surface area contributed by atoms with Gasteiger partial charge in [-0.2, -0.15) is 0 Å². The number of methoxy groups -OCH3 is 1. The molecule has 0 aromatic heterocycles. The number of hydrogen-bond acceptors (Lipinski definition) is 4. The Balaban J connectivity index is 2.27. The number of hydrogen-bond donors (Lipinski definition) is 0. The molecule has 4 heteroatoms. The molecule has 0 fully saturated rings. The average molecular weight is 238 g/mol. The topological polar surface area (TPSA) is 44.8 Å². The van der Waals surface area contributed by atoms with Crippen molar-refractivity contribution in [2.45, 2.75) is 19.8 Å². The summed E-state index contributed by atoms with van der Waals surface area (Å²) < 4.78 is 14.9. The molecule has 0 aliphatic heterocycles. The van der Waals surface area contributed by atoms with Crippen LogP contribution in [0.25, 0.3) is 0 Å². The van der Waals surface area contributed by atoms with Gasteiger partial charge in [0.2, 0.25) is 0 Å². The van der Waals surface area contributed by atoms with Crippen LogP contribution in [0.2, 0.25) is 0 Å². The fraction of sp³-hybridized carbons (Fsp3) is 0.462. The highest BCUT2D eigenvalue weighted by molar-refractivity contribution is 5.65. The zero-order chi connectivity index (χ0) is 12.5. The fourth-order valence-corrected chi connectivity index (χ4v) is 1.37. The number of carbonyl (C=O) groups is 1. The van der Waals surface area contributed by atoms with E-state index in [4.69, 9.17) is 14.2 Å². The van der Waals surface area contributed by atoms with Crippen molar-refractivity contribution in [2.24, 2.45) is 0 Å². The summed E-state index contributed by atoms with van der Waals surface area (Å²) >= 11 is 0. The molecule has 0 spiro atoms. The molecule has 17 heavy (non-hydrogen) atoms. The summed E-state index contributed by atoms with van der Waals surface area (Å²) in [6.45, 7) is 2.14. The zero-order valence-corrected chi connectivity index (χ0v) is 10.3. The van der Waals surface area contributed by atoms with E-state index in [0.717, 1.165) is 18.6 Å². The Morgan fingerprint density at radius 3 is 2.53 bits per heavy atom. The van der Waals surface area contributed by atoms with Crippen molar-refractivity contribution in [1.82, 2.24) is 0 Å². The molecule has 0 N–H and O–H groups in total. The lowest BCUT2D eigenvalue weighted by molar-refractivity contribution is -0.141. The summed E-state index contributed by atoms with van der Waals surface area (Å²) in [4.78, 5) is 10.5. The first-order chi connectivity index (χ1) is 8.22. The molecule has 0 aliphatic rings. The lowest BCUT2D eigenvalue weighted by Gasteiger charge is -2.06. The maximum absolute atomic E-state index is 10.5. The second-order valence-corrected chi connectivity index (χ2v) is 3.64. The minimum Gasteiger partial charge on any atom is -0.468 e. The predicted octanol–water partition coefficient (Wildman–Crippen LogP) is 2.17. The highest BCUT2D eigenvalue weighted by Gasteiger charge is 1.97. The van der Waals surface area contributed by atoms with Crippen molar-refractivity contribution in [3.8, 4) is 5.75 Å². The Kier molecular flexibility index (Phi) is 6.10. The average Bonchev–Trinajstić information content (AvgIpc) is 2.33. The van der Waals surface area contributed by atoms with Gasteiger partial charge in [0.15, 0.2) is 6.79 Å². The van der Waals surface area contributed by atoms with Crippen LogP contribution in [-0.4, -0.2) is 26.5 Å². The van der Waals surface area contributed by atoms with Gasteiger partial charge in [-0.15, -0.1) is 0 Å². The Labute approximate surface area is 101 Å². The van der Waals surface area contributed by atoms with E-state index >= 15 is 0 Å². The molecule has 4 nitrogen and oxygen atoms in total. The van der Waals surface area contributed by atoms with Crippen molar-refractivity contribution in [3.63, 3.8) is 0 Å². The molecule has 0 saturated carbocycles. The third kappa shape index (κ3) is 5.92. The quantitative estimate of drug-likeness (QED) is 0.415. The molecule has 0 saturated heterocycles. The lowest BCUT2D eigenvalue weighted by atomic mass is 10.1. The van der Waals surface area contributed by atoms with Crippen LogP contribution in [-0.2, 0) is 20.7 Å². The summed E-state index contributed by atoms with van der Waals surface area (Å²) in [6, 6.07) is 7.80. The van der Waals surface area contributed by atoms with Gasteiger partial charge in [-0.1, -0.05) is 12.1 Å².